The van der Waals surface area contributed by atoms with Gasteiger partial charge in [-0.15, -0.1) is 10.2 Å². The minimum Gasteiger partial charge on any atom is -0.369 e. The molecule has 3 rings (SSSR count). The Balaban J connectivity index is 2.05. The molecule has 0 amide bonds. The van der Waals surface area contributed by atoms with E-state index in [9.17, 15) is 21.6 Å². The zero-order valence-electron chi connectivity index (χ0n) is 16.9. The van der Waals surface area contributed by atoms with Crippen molar-refractivity contribution in [2.24, 2.45) is 17.3 Å². The van der Waals surface area contributed by atoms with Gasteiger partial charge in [0.1, 0.15) is 17.8 Å². The third-order valence-electron chi connectivity index (χ3n) is 4.94. The van der Waals surface area contributed by atoms with Crippen molar-refractivity contribution in [3.8, 4) is 12.1 Å². The van der Waals surface area contributed by atoms with E-state index in [1.54, 1.807) is 18.2 Å². The number of anilines is 2. The number of sulfonamides is 1. The standard InChI is InChI=1S/C18H17F3N8O2S/c1-11-4-3-7-29(11)12-5-6-13(14(8-12)27-32(30,31)18(19,20)21)25-26-17-24-15(9-22)16(10-23)28(17)2/h5-6,8,11,27H,3-4,7H2,1-2H3. The summed E-state index contributed by atoms with van der Waals surface area (Å²) in [7, 11) is -4.30. The highest BCUT2D eigenvalue weighted by molar-refractivity contribution is 7.93. The van der Waals surface area contributed by atoms with Crippen molar-refractivity contribution in [1.82, 2.24) is 9.55 Å². The molecule has 1 aliphatic heterocycles. The van der Waals surface area contributed by atoms with E-state index in [1.807, 2.05) is 11.8 Å². The van der Waals surface area contributed by atoms with E-state index in [0.717, 1.165) is 12.8 Å². The molecule has 0 bridgehead atoms. The summed E-state index contributed by atoms with van der Waals surface area (Å²) in [5.41, 5.74) is -5.88. The van der Waals surface area contributed by atoms with Crippen LogP contribution in [0.2, 0.25) is 0 Å². The molecule has 10 nitrogen and oxygen atoms in total. The molecule has 1 fully saturated rings. The van der Waals surface area contributed by atoms with Gasteiger partial charge in [-0.2, -0.15) is 37.1 Å². The van der Waals surface area contributed by atoms with E-state index >= 15 is 0 Å². The summed E-state index contributed by atoms with van der Waals surface area (Å²) in [4.78, 5) is 5.79. The Morgan fingerprint density at radius 2 is 1.97 bits per heavy atom. The third kappa shape index (κ3) is 4.36. The molecular weight excluding hydrogens is 449 g/mol. The molecular formula is C18H17F3N8O2S. The predicted octanol–water partition coefficient (Wildman–Crippen LogP) is 3.83. The quantitative estimate of drug-likeness (QED) is 0.664. The molecule has 1 N–H and O–H groups in total. The lowest BCUT2D eigenvalue weighted by molar-refractivity contribution is -0.0429. The van der Waals surface area contributed by atoms with Crippen LogP contribution in [0.15, 0.2) is 28.4 Å². The molecule has 0 saturated carbocycles. The highest BCUT2D eigenvalue weighted by Gasteiger charge is 2.46. The third-order valence-corrected chi connectivity index (χ3v) is 6.04. The van der Waals surface area contributed by atoms with E-state index in [4.69, 9.17) is 10.5 Å². The lowest BCUT2D eigenvalue weighted by Crippen LogP contribution is -2.30. The monoisotopic (exact) mass is 466 g/mol. The minimum atomic E-state index is -5.71. The van der Waals surface area contributed by atoms with Gasteiger partial charge in [-0.25, -0.2) is 0 Å². The van der Waals surface area contributed by atoms with Gasteiger partial charge in [0.15, 0.2) is 11.4 Å². The Kier molecular flexibility index (Phi) is 6.09. The van der Waals surface area contributed by atoms with Gasteiger partial charge in [-0.3, -0.25) is 4.72 Å². The van der Waals surface area contributed by atoms with Crippen molar-refractivity contribution >= 4 is 33.0 Å². The lowest BCUT2D eigenvalue weighted by Gasteiger charge is -2.24. The Hall–Kier alpha value is -3.65. The van der Waals surface area contributed by atoms with Gasteiger partial charge in [0, 0.05) is 25.3 Å². The van der Waals surface area contributed by atoms with Gasteiger partial charge in [0.25, 0.3) is 5.95 Å². The molecule has 0 spiro atoms. The predicted molar refractivity (Wildman–Crippen MR) is 108 cm³/mol. The highest BCUT2D eigenvalue weighted by Crippen LogP contribution is 2.36. The number of alkyl halides is 3. The first-order valence-electron chi connectivity index (χ1n) is 9.27. The summed E-state index contributed by atoms with van der Waals surface area (Å²) in [6.45, 7) is 2.63. The van der Waals surface area contributed by atoms with Gasteiger partial charge in [-0.1, -0.05) is 0 Å². The zero-order chi connectivity index (χ0) is 23.7. The highest BCUT2D eigenvalue weighted by atomic mass is 32.2. The van der Waals surface area contributed by atoms with E-state index in [-0.39, 0.29) is 29.1 Å². The fourth-order valence-corrected chi connectivity index (χ4v) is 3.84. The van der Waals surface area contributed by atoms with Crippen LogP contribution in [0.4, 0.5) is 36.2 Å². The molecule has 1 unspecified atom stereocenters. The summed E-state index contributed by atoms with van der Waals surface area (Å²) in [5.74, 6) is -0.153. The smallest absolute Gasteiger partial charge is 0.369 e. The molecule has 14 heteroatoms. The number of azo groups is 1. The number of benzene rings is 1. The topological polar surface area (TPSA) is 140 Å². The van der Waals surface area contributed by atoms with Crippen molar-refractivity contribution in [1.29, 1.82) is 10.5 Å². The maximum atomic E-state index is 13.0. The minimum absolute atomic E-state index is 0.0715. The van der Waals surface area contributed by atoms with Gasteiger partial charge in [0.05, 0.1) is 5.69 Å². The lowest BCUT2D eigenvalue weighted by atomic mass is 10.2. The molecule has 1 atom stereocenters. The first kappa shape index (κ1) is 23.0. The molecule has 2 aromatic rings. The average Bonchev–Trinajstić information content (AvgIpc) is 3.28. The number of imidazole rings is 1. The van der Waals surface area contributed by atoms with Crippen molar-refractivity contribution in [2.45, 2.75) is 31.3 Å². The number of nitriles is 2. The second-order valence-corrected chi connectivity index (χ2v) is 8.70. The van der Waals surface area contributed by atoms with E-state index in [2.05, 4.69) is 15.2 Å². The Bertz CT molecular complexity index is 1250. The molecule has 0 aliphatic carbocycles. The number of nitrogens with one attached hydrogen (secondary N) is 1. The largest absolute Gasteiger partial charge is 0.516 e. The number of aromatic nitrogens is 2. The second-order valence-electron chi connectivity index (χ2n) is 7.03. The Labute approximate surface area is 181 Å². The fourth-order valence-electron chi connectivity index (χ4n) is 3.27. The number of hydrogen-bond acceptors (Lipinski definition) is 8. The molecule has 1 aromatic carbocycles. The van der Waals surface area contributed by atoms with Crippen LogP contribution in [0, 0.1) is 22.7 Å². The van der Waals surface area contributed by atoms with Crippen LogP contribution in [-0.4, -0.2) is 36.1 Å². The van der Waals surface area contributed by atoms with Gasteiger partial charge in [-0.05, 0) is 38.0 Å². The van der Waals surface area contributed by atoms with Crippen LogP contribution in [0.1, 0.15) is 31.2 Å². The van der Waals surface area contributed by atoms with E-state index in [0.29, 0.717) is 12.2 Å². The van der Waals surface area contributed by atoms with Crippen LogP contribution in [0.5, 0.6) is 0 Å². The summed E-state index contributed by atoms with van der Waals surface area (Å²) in [6.07, 6.45) is 1.79. The number of halogens is 3. The summed E-state index contributed by atoms with van der Waals surface area (Å²) < 4.78 is 65.0. The van der Waals surface area contributed by atoms with Crippen molar-refractivity contribution in [3.63, 3.8) is 0 Å². The normalized spacial score (nSPS) is 16.8. The average molecular weight is 466 g/mol. The maximum Gasteiger partial charge on any atom is 0.516 e. The maximum absolute atomic E-state index is 13.0. The summed E-state index contributed by atoms with van der Waals surface area (Å²) in [6, 6.07) is 7.85. The number of hydrogen-bond donors (Lipinski definition) is 1. The van der Waals surface area contributed by atoms with Crippen LogP contribution in [0.3, 0.4) is 0 Å². The molecule has 0 radical (unpaired) electrons. The van der Waals surface area contributed by atoms with Gasteiger partial charge < -0.3 is 9.47 Å². The van der Waals surface area contributed by atoms with E-state index < -0.39 is 21.2 Å². The zero-order valence-corrected chi connectivity index (χ0v) is 17.7. The van der Waals surface area contributed by atoms with Gasteiger partial charge >= 0.3 is 15.5 Å². The van der Waals surface area contributed by atoms with Crippen LogP contribution < -0.4 is 9.62 Å². The molecule has 168 valence electrons. The first-order valence-corrected chi connectivity index (χ1v) is 10.7. The fraction of sp³-hybridized carbons (Fsp3) is 0.389. The molecule has 1 aliphatic rings. The van der Waals surface area contributed by atoms with Crippen molar-refractivity contribution < 1.29 is 21.6 Å². The van der Waals surface area contributed by atoms with E-state index in [1.165, 1.54) is 28.5 Å². The van der Waals surface area contributed by atoms with Crippen LogP contribution >= 0.6 is 0 Å². The van der Waals surface area contributed by atoms with Crippen molar-refractivity contribution in [2.75, 3.05) is 16.2 Å². The molecule has 1 saturated heterocycles. The number of nitrogens with zero attached hydrogens (tertiary/aromatic N) is 7. The van der Waals surface area contributed by atoms with Crippen LogP contribution in [0.25, 0.3) is 0 Å². The molecule has 32 heavy (non-hydrogen) atoms. The SMILES string of the molecule is CC1CCCN1c1ccc(N=Nc2nc(C#N)c(C#N)n2C)c(NS(=O)(=O)C(F)(F)F)c1. The first-order chi connectivity index (χ1) is 15.0. The summed E-state index contributed by atoms with van der Waals surface area (Å²) in [5, 5.41) is 25.8. The molecule has 2 heterocycles. The summed E-state index contributed by atoms with van der Waals surface area (Å²) >= 11 is 0. The Morgan fingerprint density at radius 3 is 2.50 bits per heavy atom. The number of rotatable bonds is 5. The van der Waals surface area contributed by atoms with Crippen LogP contribution in [-0.2, 0) is 17.1 Å². The van der Waals surface area contributed by atoms with Crippen molar-refractivity contribution in [3.05, 3.63) is 29.6 Å². The second kappa shape index (κ2) is 8.47. The molecule has 1 aromatic heterocycles. The Morgan fingerprint density at radius 1 is 1.25 bits per heavy atom. The van der Waals surface area contributed by atoms with Gasteiger partial charge in [0.2, 0.25) is 0 Å².